The molecular weight excluding hydrogens is 319 g/mol. The Morgan fingerprint density at radius 2 is 1.73 bits per heavy atom. The van der Waals surface area contributed by atoms with Crippen molar-refractivity contribution in [2.45, 2.75) is 4.90 Å². The molecule has 0 heterocycles. The van der Waals surface area contributed by atoms with Gasteiger partial charge in [0, 0.05) is 5.56 Å². The summed E-state index contributed by atoms with van der Waals surface area (Å²) in [6, 6.07) is 9.69. The quantitative estimate of drug-likeness (QED) is 0.405. The van der Waals surface area contributed by atoms with E-state index >= 15 is 0 Å². The molecule has 0 saturated heterocycles. The fourth-order valence-corrected chi connectivity index (χ4v) is 2.56. The van der Waals surface area contributed by atoms with Gasteiger partial charge in [-0.05, 0) is 6.07 Å². The topological polar surface area (TPSA) is 104 Å². The molecule has 0 spiro atoms. The average molecular weight is 330 g/mol. The number of rotatable bonds is 4. The van der Waals surface area contributed by atoms with Gasteiger partial charge in [-0.3, -0.25) is 9.35 Å². The minimum absolute atomic E-state index is 0. The summed E-state index contributed by atoms with van der Waals surface area (Å²) in [6.07, 6.45) is 0. The second-order valence-corrected chi connectivity index (χ2v) is 5.53. The maximum absolute atomic E-state index is 12.4. The third-order valence-electron chi connectivity index (χ3n) is 2.83. The van der Waals surface area contributed by atoms with Crippen molar-refractivity contribution in [3.8, 4) is 11.5 Å². The summed E-state index contributed by atoms with van der Waals surface area (Å²) in [7, 11) is -3.50. The zero-order valence-corrected chi connectivity index (χ0v) is 14.8. The predicted octanol–water partition coefficient (Wildman–Crippen LogP) is -1.75. The Morgan fingerprint density at radius 3 is 2.23 bits per heavy atom. The number of ketones is 1. The molecule has 0 saturated carbocycles. The van der Waals surface area contributed by atoms with Crippen molar-refractivity contribution >= 4 is 15.9 Å². The number of ether oxygens (including phenoxy) is 1. The standard InChI is InChI=1S/C14H12O6S.Na/c1-20-14-11(21(17,18)19)8-7-10(15)12(14)13(16)9-5-3-2-4-6-9;/h2-8,15H,1H3,(H,17,18,19);/q;+1/p-1. The molecule has 2 aromatic carbocycles. The van der Waals surface area contributed by atoms with Gasteiger partial charge in [-0.1, -0.05) is 42.1 Å². The summed E-state index contributed by atoms with van der Waals surface area (Å²) in [5, 5.41) is 11.9. The molecule has 1 N–H and O–H groups in total. The van der Waals surface area contributed by atoms with Crippen LogP contribution in [0.2, 0.25) is 0 Å². The van der Waals surface area contributed by atoms with Crippen LogP contribution in [0.1, 0.15) is 15.9 Å². The monoisotopic (exact) mass is 330 g/mol. The molecule has 0 atom stereocenters. The van der Waals surface area contributed by atoms with Crippen LogP contribution in [0.4, 0.5) is 0 Å². The number of benzene rings is 2. The molecule has 0 aliphatic carbocycles. The zero-order chi connectivity index (χ0) is 15.6. The molecule has 0 aliphatic rings. The molecule has 8 heteroatoms. The molecule has 2 aromatic rings. The average Bonchev–Trinajstić information content (AvgIpc) is 2.45. The predicted molar refractivity (Wildman–Crippen MR) is 72.1 cm³/mol. The molecule has 0 aliphatic heterocycles. The van der Waals surface area contributed by atoms with Crippen LogP contribution in [0.15, 0.2) is 47.4 Å². The van der Waals surface area contributed by atoms with Crippen molar-refractivity contribution in [1.29, 1.82) is 0 Å². The number of hydrogen-bond acceptors (Lipinski definition) is 5. The molecule has 2 rings (SSSR count). The Labute approximate surface area is 149 Å². The minimum Gasteiger partial charge on any atom is -0.872 e. The Balaban J connectivity index is 0.00000242. The van der Waals surface area contributed by atoms with Crippen molar-refractivity contribution in [2.24, 2.45) is 0 Å². The van der Waals surface area contributed by atoms with Gasteiger partial charge in [-0.25, -0.2) is 0 Å². The van der Waals surface area contributed by atoms with Gasteiger partial charge in [0.2, 0.25) is 0 Å². The molecule has 6 nitrogen and oxygen atoms in total. The molecule has 0 bridgehead atoms. The van der Waals surface area contributed by atoms with Crippen molar-refractivity contribution in [3.63, 3.8) is 0 Å². The summed E-state index contributed by atoms with van der Waals surface area (Å²) >= 11 is 0. The molecule has 0 radical (unpaired) electrons. The molecule has 22 heavy (non-hydrogen) atoms. The Morgan fingerprint density at radius 1 is 1.14 bits per heavy atom. The van der Waals surface area contributed by atoms with Gasteiger partial charge in [0.25, 0.3) is 10.1 Å². The Kier molecular flexibility index (Phi) is 6.16. The third-order valence-corrected chi connectivity index (χ3v) is 3.71. The molecule has 0 fully saturated rings. The van der Waals surface area contributed by atoms with Crippen LogP contribution in [0.3, 0.4) is 0 Å². The fraction of sp³-hybridized carbons (Fsp3) is 0.0714. The van der Waals surface area contributed by atoms with E-state index in [0.717, 1.165) is 19.2 Å². The first kappa shape index (κ1) is 18.7. The fourth-order valence-electron chi connectivity index (χ4n) is 1.90. The van der Waals surface area contributed by atoms with Crippen molar-refractivity contribution in [2.75, 3.05) is 7.11 Å². The zero-order valence-electron chi connectivity index (χ0n) is 11.9. The minimum atomic E-state index is -4.62. The summed E-state index contributed by atoms with van der Waals surface area (Å²) < 4.78 is 36.6. The number of hydrogen-bond donors (Lipinski definition) is 1. The first-order valence-corrected chi connectivity index (χ1v) is 7.25. The van der Waals surface area contributed by atoms with Crippen LogP contribution in [-0.4, -0.2) is 25.9 Å². The van der Waals surface area contributed by atoms with Crippen molar-refractivity contribution in [3.05, 3.63) is 53.6 Å². The van der Waals surface area contributed by atoms with Crippen molar-refractivity contribution < 1.29 is 57.2 Å². The van der Waals surface area contributed by atoms with Crippen LogP contribution in [0.5, 0.6) is 11.5 Å². The summed E-state index contributed by atoms with van der Waals surface area (Å²) in [5.41, 5.74) is -0.223. The number of carbonyl (C=O) groups is 1. The molecule has 0 aromatic heterocycles. The van der Waals surface area contributed by atoms with Gasteiger partial charge in [-0.2, -0.15) is 8.42 Å². The van der Waals surface area contributed by atoms with Gasteiger partial charge in [0.1, 0.15) is 10.6 Å². The van der Waals surface area contributed by atoms with Gasteiger partial charge < -0.3 is 9.84 Å². The summed E-state index contributed by atoms with van der Waals surface area (Å²) in [5.74, 6) is -1.82. The maximum Gasteiger partial charge on any atom is 1.00 e. The second kappa shape index (κ2) is 7.26. The molecular formula is C14H11NaO6S. The van der Waals surface area contributed by atoms with E-state index in [1.807, 2.05) is 0 Å². The van der Waals surface area contributed by atoms with E-state index in [0.29, 0.717) is 0 Å². The van der Waals surface area contributed by atoms with E-state index in [9.17, 15) is 18.3 Å². The van der Waals surface area contributed by atoms with E-state index in [4.69, 9.17) is 9.29 Å². The third kappa shape index (κ3) is 3.68. The number of methoxy groups -OCH3 is 1. The van der Waals surface area contributed by atoms with E-state index in [1.54, 1.807) is 18.2 Å². The largest absolute Gasteiger partial charge is 1.00 e. The van der Waals surface area contributed by atoms with E-state index < -0.39 is 37.9 Å². The Bertz CT molecular complexity index is 786. The second-order valence-electron chi connectivity index (χ2n) is 4.14. The van der Waals surface area contributed by atoms with Crippen LogP contribution < -0.4 is 39.4 Å². The van der Waals surface area contributed by atoms with Gasteiger partial charge >= 0.3 is 29.6 Å². The van der Waals surface area contributed by atoms with Crippen LogP contribution in [0, 0.1) is 0 Å². The molecule has 110 valence electrons. The maximum atomic E-state index is 12.4. The summed E-state index contributed by atoms with van der Waals surface area (Å²) in [6.45, 7) is 0. The van der Waals surface area contributed by atoms with Crippen LogP contribution in [0.25, 0.3) is 0 Å². The first-order valence-electron chi connectivity index (χ1n) is 5.81. The van der Waals surface area contributed by atoms with Crippen LogP contribution in [-0.2, 0) is 10.1 Å². The van der Waals surface area contributed by atoms with E-state index in [2.05, 4.69) is 0 Å². The van der Waals surface area contributed by atoms with Gasteiger partial charge in [0.15, 0.2) is 5.78 Å². The molecule has 0 amide bonds. The van der Waals surface area contributed by atoms with E-state index in [1.165, 1.54) is 12.1 Å². The summed E-state index contributed by atoms with van der Waals surface area (Å²) in [4.78, 5) is 11.7. The molecule has 0 unspecified atom stereocenters. The first-order chi connectivity index (χ1) is 9.86. The number of carbonyl (C=O) groups excluding carboxylic acids is 1. The smallest absolute Gasteiger partial charge is 0.872 e. The van der Waals surface area contributed by atoms with Crippen molar-refractivity contribution in [1.82, 2.24) is 0 Å². The normalized spacial score (nSPS) is 10.6. The Hall–Kier alpha value is -1.38. The van der Waals surface area contributed by atoms with Gasteiger partial charge in [0.05, 0.1) is 12.7 Å². The van der Waals surface area contributed by atoms with E-state index in [-0.39, 0.29) is 35.1 Å². The van der Waals surface area contributed by atoms with Crippen LogP contribution >= 0.6 is 0 Å². The SMILES string of the molecule is COc1c(S(=O)(=O)O)ccc([O-])c1C(=O)c1ccccc1.[Na+]. The van der Waals surface area contributed by atoms with Gasteiger partial charge in [-0.15, -0.1) is 0 Å².